The van der Waals surface area contributed by atoms with Gasteiger partial charge in [-0.1, -0.05) is 36.5 Å². The van der Waals surface area contributed by atoms with Crippen molar-refractivity contribution in [1.29, 1.82) is 0 Å². The summed E-state index contributed by atoms with van der Waals surface area (Å²) < 4.78 is 5.35. The monoisotopic (exact) mass is 208 g/mol. The molecule has 0 amide bonds. The SMILES string of the molecule is CC(C)=C[SiH2]OC#CC1CCCCC1. The third-order valence-electron chi connectivity index (χ3n) is 2.52. The van der Waals surface area contributed by atoms with Gasteiger partial charge < -0.3 is 4.43 Å². The molecule has 1 aliphatic carbocycles. The molecule has 14 heavy (non-hydrogen) atoms. The van der Waals surface area contributed by atoms with E-state index in [0.29, 0.717) is 5.92 Å². The molecule has 1 saturated carbocycles. The maximum Gasteiger partial charge on any atom is 0.258 e. The molecule has 0 aromatic rings. The molecular weight excluding hydrogens is 188 g/mol. The molecule has 1 fully saturated rings. The van der Waals surface area contributed by atoms with Crippen molar-refractivity contribution < 1.29 is 4.43 Å². The predicted octanol–water partition coefficient (Wildman–Crippen LogP) is 2.55. The first-order chi connectivity index (χ1) is 6.79. The molecule has 0 spiro atoms. The minimum atomic E-state index is -0.518. The highest BCUT2D eigenvalue weighted by atomic mass is 28.2. The quantitative estimate of drug-likeness (QED) is 0.385. The first-order valence-corrected chi connectivity index (χ1v) is 6.94. The van der Waals surface area contributed by atoms with Gasteiger partial charge in [0.15, 0.2) is 0 Å². The fraction of sp³-hybridized carbons (Fsp3) is 0.667. The first-order valence-electron chi connectivity index (χ1n) is 5.54. The molecule has 78 valence electrons. The molecule has 0 saturated heterocycles. The summed E-state index contributed by atoms with van der Waals surface area (Å²) in [5.74, 6) is 3.84. The van der Waals surface area contributed by atoms with Crippen molar-refractivity contribution in [2.24, 2.45) is 5.92 Å². The van der Waals surface area contributed by atoms with E-state index in [-0.39, 0.29) is 0 Å². The van der Waals surface area contributed by atoms with Gasteiger partial charge in [-0.3, -0.25) is 0 Å². The van der Waals surface area contributed by atoms with E-state index in [1.54, 1.807) is 0 Å². The van der Waals surface area contributed by atoms with Crippen molar-refractivity contribution in [3.8, 4) is 12.0 Å². The molecule has 0 bridgehead atoms. The van der Waals surface area contributed by atoms with Crippen molar-refractivity contribution in [1.82, 2.24) is 0 Å². The van der Waals surface area contributed by atoms with Gasteiger partial charge in [-0.15, -0.1) is 0 Å². The fourth-order valence-electron chi connectivity index (χ4n) is 1.62. The second kappa shape index (κ2) is 6.72. The van der Waals surface area contributed by atoms with Crippen LogP contribution in [0.2, 0.25) is 0 Å². The highest BCUT2D eigenvalue weighted by molar-refractivity contribution is 6.34. The minimum absolute atomic E-state index is 0.518. The Kier molecular flexibility index (Phi) is 5.47. The van der Waals surface area contributed by atoms with Gasteiger partial charge in [0.05, 0.1) is 6.11 Å². The lowest BCUT2D eigenvalue weighted by atomic mass is 9.90. The van der Waals surface area contributed by atoms with Crippen molar-refractivity contribution >= 4 is 9.76 Å². The average molecular weight is 208 g/mol. The molecule has 0 N–H and O–H groups in total. The zero-order chi connectivity index (χ0) is 10.2. The van der Waals surface area contributed by atoms with Crippen LogP contribution in [0.1, 0.15) is 46.0 Å². The maximum absolute atomic E-state index is 5.35. The van der Waals surface area contributed by atoms with E-state index >= 15 is 0 Å². The highest BCUT2D eigenvalue weighted by Gasteiger charge is 2.09. The van der Waals surface area contributed by atoms with Gasteiger partial charge in [0.1, 0.15) is 0 Å². The molecule has 2 heteroatoms. The molecule has 1 aliphatic rings. The Morgan fingerprint density at radius 2 is 2.00 bits per heavy atom. The summed E-state index contributed by atoms with van der Waals surface area (Å²) in [6.45, 7) is 4.20. The minimum Gasteiger partial charge on any atom is -0.503 e. The molecule has 0 radical (unpaired) electrons. The Morgan fingerprint density at radius 1 is 1.29 bits per heavy atom. The Morgan fingerprint density at radius 3 is 2.64 bits per heavy atom. The van der Waals surface area contributed by atoms with Crippen LogP contribution in [0.5, 0.6) is 0 Å². The second-order valence-electron chi connectivity index (χ2n) is 4.17. The van der Waals surface area contributed by atoms with E-state index < -0.39 is 9.76 Å². The standard InChI is InChI=1S/C12H20OSi/c1-11(2)10-14-13-9-8-12-6-4-3-5-7-12/h10,12H,3-7,14H2,1-2H3. The zero-order valence-corrected chi connectivity index (χ0v) is 10.7. The summed E-state index contributed by atoms with van der Waals surface area (Å²) in [4.78, 5) is 0. The lowest BCUT2D eigenvalue weighted by Crippen LogP contribution is -2.03. The summed E-state index contributed by atoms with van der Waals surface area (Å²) in [5.41, 5.74) is 3.53. The van der Waals surface area contributed by atoms with E-state index in [0.717, 1.165) is 0 Å². The predicted molar refractivity (Wildman–Crippen MR) is 63.4 cm³/mol. The molecule has 0 unspecified atom stereocenters. The lowest BCUT2D eigenvalue weighted by molar-refractivity contribution is 0.427. The summed E-state index contributed by atoms with van der Waals surface area (Å²) in [7, 11) is -0.518. The van der Waals surface area contributed by atoms with Gasteiger partial charge >= 0.3 is 0 Å². The number of hydrogen-bond donors (Lipinski definition) is 0. The molecule has 1 nitrogen and oxygen atoms in total. The van der Waals surface area contributed by atoms with Crippen LogP contribution in [0.25, 0.3) is 0 Å². The fourth-order valence-corrected chi connectivity index (χ4v) is 2.21. The van der Waals surface area contributed by atoms with Crippen LogP contribution in [-0.4, -0.2) is 9.76 Å². The Labute approximate surface area is 89.9 Å². The van der Waals surface area contributed by atoms with Crippen molar-refractivity contribution in [2.75, 3.05) is 0 Å². The average Bonchev–Trinajstić information content (AvgIpc) is 2.18. The van der Waals surface area contributed by atoms with Crippen LogP contribution in [0.15, 0.2) is 11.3 Å². The Balaban J connectivity index is 2.15. The van der Waals surface area contributed by atoms with Crippen LogP contribution in [0.3, 0.4) is 0 Å². The van der Waals surface area contributed by atoms with Crippen LogP contribution >= 0.6 is 0 Å². The van der Waals surface area contributed by atoms with Crippen LogP contribution in [0.4, 0.5) is 0 Å². The normalized spacial score (nSPS) is 17.6. The highest BCUT2D eigenvalue weighted by Crippen LogP contribution is 2.22. The van der Waals surface area contributed by atoms with Gasteiger partial charge in [0.2, 0.25) is 0 Å². The summed E-state index contributed by atoms with van der Waals surface area (Å²) in [6, 6.07) is 0. The number of hydrogen-bond acceptors (Lipinski definition) is 1. The van der Waals surface area contributed by atoms with Crippen LogP contribution in [-0.2, 0) is 4.43 Å². The maximum atomic E-state index is 5.35. The molecule has 0 atom stereocenters. The summed E-state index contributed by atoms with van der Waals surface area (Å²) in [6.07, 6.45) is 9.53. The van der Waals surface area contributed by atoms with Crippen molar-refractivity contribution in [3.63, 3.8) is 0 Å². The van der Waals surface area contributed by atoms with E-state index in [4.69, 9.17) is 4.43 Å². The topological polar surface area (TPSA) is 9.23 Å². The molecule has 0 aromatic carbocycles. The van der Waals surface area contributed by atoms with Crippen molar-refractivity contribution in [3.05, 3.63) is 11.3 Å². The smallest absolute Gasteiger partial charge is 0.258 e. The van der Waals surface area contributed by atoms with Gasteiger partial charge in [-0.2, -0.15) is 0 Å². The lowest BCUT2D eigenvalue weighted by Gasteiger charge is -2.15. The van der Waals surface area contributed by atoms with Crippen LogP contribution < -0.4 is 0 Å². The van der Waals surface area contributed by atoms with E-state index in [1.807, 2.05) is 0 Å². The Bertz CT molecular complexity index is 237. The van der Waals surface area contributed by atoms with Gasteiger partial charge in [0.25, 0.3) is 9.76 Å². The molecular formula is C12H20OSi. The van der Waals surface area contributed by atoms with Gasteiger partial charge in [-0.25, -0.2) is 0 Å². The van der Waals surface area contributed by atoms with Gasteiger partial charge in [-0.05, 0) is 26.7 Å². The van der Waals surface area contributed by atoms with E-state index in [9.17, 15) is 0 Å². The third-order valence-corrected chi connectivity index (χ3v) is 3.81. The number of rotatable bonds is 2. The van der Waals surface area contributed by atoms with Crippen molar-refractivity contribution in [2.45, 2.75) is 46.0 Å². The second-order valence-corrected chi connectivity index (χ2v) is 5.20. The van der Waals surface area contributed by atoms with Gasteiger partial charge in [0, 0.05) is 5.92 Å². The number of allylic oxidation sites excluding steroid dienone is 1. The Hall–Kier alpha value is -0.683. The third kappa shape index (κ3) is 5.13. The zero-order valence-electron chi connectivity index (χ0n) is 9.31. The van der Waals surface area contributed by atoms with E-state index in [1.165, 1.54) is 37.7 Å². The molecule has 0 heterocycles. The summed E-state index contributed by atoms with van der Waals surface area (Å²) in [5, 5.41) is 0. The summed E-state index contributed by atoms with van der Waals surface area (Å²) >= 11 is 0. The molecule has 1 rings (SSSR count). The first kappa shape index (κ1) is 11.4. The van der Waals surface area contributed by atoms with E-state index in [2.05, 4.69) is 31.6 Å². The van der Waals surface area contributed by atoms with Crippen LogP contribution in [0, 0.1) is 17.9 Å². The molecule has 0 aliphatic heterocycles. The molecule has 0 aromatic heterocycles. The largest absolute Gasteiger partial charge is 0.503 e.